The van der Waals surface area contributed by atoms with Crippen LogP contribution < -0.4 is 10.2 Å². The fourth-order valence-corrected chi connectivity index (χ4v) is 3.63. The first-order valence-electron chi connectivity index (χ1n) is 7.11. The summed E-state index contributed by atoms with van der Waals surface area (Å²) in [5.41, 5.74) is 1.43. The molecule has 20 heavy (non-hydrogen) atoms. The second kappa shape index (κ2) is 6.57. The molecule has 3 nitrogen and oxygen atoms in total. The Hall–Kier alpha value is -1.10. The van der Waals surface area contributed by atoms with Gasteiger partial charge in [-0.15, -0.1) is 0 Å². The van der Waals surface area contributed by atoms with Crippen molar-refractivity contribution in [2.45, 2.75) is 38.8 Å². The van der Waals surface area contributed by atoms with Gasteiger partial charge in [0.2, 0.25) is 0 Å². The molecule has 0 saturated carbocycles. The molecule has 1 aromatic carbocycles. The number of hydrogen-bond donors (Lipinski definition) is 1. The van der Waals surface area contributed by atoms with Crippen LogP contribution in [0.4, 0.5) is 15.8 Å². The van der Waals surface area contributed by atoms with Crippen molar-refractivity contribution in [3.05, 3.63) is 24.0 Å². The van der Waals surface area contributed by atoms with E-state index in [4.69, 9.17) is 0 Å². The minimum atomic E-state index is -0.659. The Balaban J connectivity index is 2.03. The number of nitrogens with zero attached hydrogens (tertiary/aromatic N) is 1. The topological polar surface area (TPSA) is 32.3 Å². The first-order chi connectivity index (χ1) is 9.47. The summed E-state index contributed by atoms with van der Waals surface area (Å²) in [6.07, 6.45) is 1.78. The van der Waals surface area contributed by atoms with Crippen molar-refractivity contribution in [2.75, 3.05) is 28.8 Å². The molecule has 1 fully saturated rings. The normalized spacial score (nSPS) is 22.9. The number of nitrogens with one attached hydrogen (secondary N) is 1. The summed E-state index contributed by atoms with van der Waals surface area (Å²) in [6, 6.07) is 5.86. The summed E-state index contributed by atoms with van der Waals surface area (Å²) in [4.78, 5) is 1.92. The SMILES string of the molecule is CC(C)N(C)c1ccc(NC2CCS(=O)CC2)cc1F. The molecule has 2 rings (SSSR count). The van der Waals surface area contributed by atoms with E-state index in [1.807, 2.05) is 37.9 Å². The van der Waals surface area contributed by atoms with Gasteiger partial charge in [0.25, 0.3) is 0 Å². The second-order valence-corrected chi connectivity index (χ2v) is 7.33. The molecular weight excluding hydrogens is 275 g/mol. The van der Waals surface area contributed by atoms with Crippen molar-refractivity contribution in [3.8, 4) is 0 Å². The lowest BCUT2D eigenvalue weighted by Gasteiger charge is -2.26. The predicted molar refractivity (Wildman–Crippen MR) is 84.5 cm³/mol. The summed E-state index contributed by atoms with van der Waals surface area (Å²) in [5.74, 6) is 1.29. The van der Waals surface area contributed by atoms with Gasteiger partial charge in [-0.2, -0.15) is 0 Å². The molecule has 0 bridgehead atoms. The molecule has 0 amide bonds. The van der Waals surface area contributed by atoms with Crippen LogP contribution in [0.1, 0.15) is 26.7 Å². The standard InChI is InChI=1S/C15H23FN2OS/c1-11(2)18(3)15-5-4-13(10-14(15)16)17-12-6-8-20(19)9-7-12/h4-5,10-12,17H,6-9H2,1-3H3. The van der Waals surface area contributed by atoms with E-state index in [0.717, 1.165) is 30.0 Å². The van der Waals surface area contributed by atoms with Crippen LogP contribution in [-0.2, 0) is 10.8 Å². The summed E-state index contributed by atoms with van der Waals surface area (Å²) < 4.78 is 25.5. The Kier molecular flexibility index (Phi) is 5.02. The van der Waals surface area contributed by atoms with Crippen LogP contribution in [0.3, 0.4) is 0 Å². The van der Waals surface area contributed by atoms with E-state index in [-0.39, 0.29) is 11.9 Å². The molecule has 1 heterocycles. The summed E-state index contributed by atoms with van der Waals surface area (Å²) in [5, 5.41) is 3.34. The Labute approximate surface area is 123 Å². The van der Waals surface area contributed by atoms with Crippen LogP contribution in [-0.4, -0.2) is 34.8 Å². The largest absolute Gasteiger partial charge is 0.382 e. The first kappa shape index (κ1) is 15.3. The molecule has 0 aromatic heterocycles. The van der Waals surface area contributed by atoms with Crippen molar-refractivity contribution < 1.29 is 8.60 Å². The molecule has 1 saturated heterocycles. The van der Waals surface area contributed by atoms with Gasteiger partial charge in [-0.25, -0.2) is 4.39 Å². The van der Waals surface area contributed by atoms with Crippen molar-refractivity contribution in [1.29, 1.82) is 0 Å². The van der Waals surface area contributed by atoms with Gasteiger partial charge in [-0.1, -0.05) is 0 Å². The minimum absolute atomic E-state index is 0.203. The highest BCUT2D eigenvalue weighted by molar-refractivity contribution is 7.85. The van der Waals surface area contributed by atoms with Crippen LogP contribution in [0.2, 0.25) is 0 Å². The van der Waals surface area contributed by atoms with E-state index in [9.17, 15) is 8.60 Å². The van der Waals surface area contributed by atoms with Gasteiger partial charge in [0, 0.05) is 47.1 Å². The van der Waals surface area contributed by atoms with Crippen LogP contribution in [0.15, 0.2) is 18.2 Å². The second-order valence-electron chi connectivity index (χ2n) is 5.64. The zero-order valence-electron chi connectivity index (χ0n) is 12.4. The zero-order valence-corrected chi connectivity index (χ0v) is 13.2. The van der Waals surface area contributed by atoms with E-state index < -0.39 is 10.8 Å². The average molecular weight is 298 g/mol. The molecule has 0 radical (unpaired) electrons. The third-order valence-corrected chi connectivity index (χ3v) is 5.24. The van der Waals surface area contributed by atoms with Gasteiger partial charge in [0.15, 0.2) is 0 Å². The van der Waals surface area contributed by atoms with Crippen molar-refractivity contribution in [3.63, 3.8) is 0 Å². The van der Waals surface area contributed by atoms with Crippen LogP contribution in [0.5, 0.6) is 0 Å². The Morgan fingerprint density at radius 2 is 2.00 bits per heavy atom. The fraction of sp³-hybridized carbons (Fsp3) is 0.600. The van der Waals surface area contributed by atoms with Crippen molar-refractivity contribution >= 4 is 22.2 Å². The summed E-state index contributed by atoms with van der Waals surface area (Å²) in [7, 11) is 1.24. The van der Waals surface area contributed by atoms with Gasteiger partial charge in [-0.05, 0) is 44.9 Å². The van der Waals surface area contributed by atoms with Crippen LogP contribution >= 0.6 is 0 Å². The lowest BCUT2D eigenvalue weighted by molar-refractivity contribution is 0.609. The summed E-state index contributed by atoms with van der Waals surface area (Å²) in [6.45, 7) is 4.07. The summed E-state index contributed by atoms with van der Waals surface area (Å²) >= 11 is 0. The molecule has 0 unspecified atom stereocenters. The van der Waals surface area contributed by atoms with Crippen molar-refractivity contribution in [1.82, 2.24) is 0 Å². The maximum Gasteiger partial charge on any atom is 0.148 e. The number of hydrogen-bond acceptors (Lipinski definition) is 3. The molecule has 0 spiro atoms. The number of halogens is 1. The molecular formula is C15H23FN2OS. The highest BCUT2D eigenvalue weighted by atomic mass is 32.2. The maximum atomic E-state index is 14.1. The van der Waals surface area contributed by atoms with Crippen molar-refractivity contribution in [2.24, 2.45) is 0 Å². The molecule has 5 heteroatoms. The van der Waals surface area contributed by atoms with Gasteiger partial charge in [-0.3, -0.25) is 4.21 Å². The van der Waals surface area contributed by atoms with Gasteiger partial charge in [0.1, 0.15) is 5.82 Å². The van der Waals surface area contributed by atoms with Gasteiger partial charge < -0.3 is 10.2 Å². The maximum absolute atomic E-state index is 14.1. The highest BCUT2D eigenvalue weighted by Gasteiger charge is 2.18. The Morgan fingerprint density at radius 3 is 2.55 bits per heavy atom. The van der Waals surface area contributed by atoms with E-state index in [1.54, 1.807) is 6.07 Å². The van der Waals surface area contributed by atoms with E-state index >= 15 is 0 Å². The monoisotopic (exact) mass is 298 g/mol. The number of rotatable bonds is 4. The number of benzene rings is 1. The Bertz CT molecular complexity index is 483. The third-order valence-electron chi connectivity index (χ3n) is 3.86. The quantitative estimate of drug-likeness (QED) is 0.927. The van der Waals surface area contributed by atoms with Crippen LogP contribution in [0, 0.1) is 5.82 Å². The van der Waals surface area contributed by atoms with Gasteiger partial charge in [0.05, 0.1) is 5.69 Å². The lowest BCUT2D eigenvalue weighted by atomic mass is 10.1. The van der Waals surface area contributed by atoms with E-state index in [1.165, 1.54) is 0 Å². The molecule has 1 aromatic rings. The molecule has 112 valence electrons. The zero-order chi connectivity index (χ0) is 14.7. The Morgan fingerprint density at radius 1 is 1.35 bits per heavy atom. The molecule has 1 aliphatic heterocycles. The lowest BCUT2D eigenvalue weighted by Crippen LogP contribution is -2.29. The molecule has 0 atom stereocenters. The average Bonchev–Trinajstić information content (AvgIpc) is 2.41. The van der Waals surface area contributed by atoms with E-state index in [0.29, 0.717) is 11.7 Å². The smallest absolute Gasteiger partial charge is 0.148 e. The van der Waals surface area contributed by atoms with Gasteiger partial charge >= 0.3 is 0 Å². The van der Waals surface area contributed by atoms with Crippen LogP contribution in [0.25, 0.3) is 0 Å². The molecule has 1 N–H and O–H groups in total. The van der Waals surface area contributed by atoms with E-state index in [2.05, 4.69) is 5.32 Å². The number of anilines is 2. The third kappa shape index (κ3) is 3.72. The highest BCUT2D eigenvalue weighted by Crippen LogP contribution is 2.25. The molecule has 0 aliphatic carbocycles. The molecule has 1 aliphatic rings. The predicted octanol–water partition coefficient (Wildman–Crippen LogP) is 2.99. The first-order valence-corrected chi connectivity index (χ1v) is 8.60. The fourth-order valence-electron chi connectivity index (χ4n) is 2.33. The minimum Gasteiger partial charge on any atom is -0.382 e.